The number of rotatable bonds is 6. The molecule has 0 radical (unpaired) electrons. The molecule has 1 aromatic heterocycles. The van der Waals surface area contributed by atoms with E-state index >= 15 is 0 Å². The number of nitro groups is 1. The van der Waals surface area contributed by atoms with Gasteiger partial charge in [0.05, 0.1) is 18.3 Å². The Balaban J connectivity index is 1.33. The lowest BCUT2D eigenvalue weighted by molar-refractivity contribution is -0.384. The summed E-state index contributed by atoms with van der Waals surface area (Å²) in [5, 5.41) is 15.1. The van der Waals surface area contributed by atoms with Gasteiger partial charge in [-0.2, -0.15) is 0 Å². The minimum atomic E-state index is -0.466. The van der Waals surface area contributed by atoms with E-state index in [1.807, 2.05) is 12.1 Å². The molecule has 4 rings (SSSR count). The average molecular weight is 409 g/mol. The molecule has 0 aliphatic carbocycles. The number of carbonyl (C=O) groups is 1. The summed E-state index contributed by atoms with van der Waals surface area (Å²) in [6, 6.07) is 12.5. The van der Waals surface area contributed by atoms with Crippen LogP contribution >= 0.6 is 0 Å². The van der Waals surface area contributed by atoms with E-state index in [-0.39, 0.29) is 23.4 Å². The molecule has 1 amide bonds. The Bertz CT molecular complexity index is 1050. The molecule has 3 aromatic rings. The second-order valence-electron chi connectivity index (χ2n) is 7.47. The Morgan fingerprint density at radius 1 is 1.23 bits per heavy atom. The van der Waals surface area contributed by atoms with Crippen molar-refractivity contribution in [3.8, 4) is 5.75 Å². The molecule has 0 atom stereocenters. The normalized spacial score (nSPS) is 15.2. The summed E-state index contributed by atoms with van der Waals surface area (Å²) in [6.45, 7) is 2.65. The third-order valence-corrected chi connectivity index (χ3v) is 5.49. The molecule has 156 valence electrons. The molecular formula is C22H23N3O5. The molecule has 1 N–H and O–H groups in total. The number of piperidine rings is 1. The summed E-state index contributed by atoms with van der Waals surface area (Å²) in [7, 11) is 1.66. The third-order valence-electron chi connectivity index (χ3n) is 5.49. The minimum absolute atomic E-state index is 0.0282. The van der Waals surface area contributed by atoms with Gasteiger partial charge in [0.15, 0.2) is 5.76 Å². The summed E-state index contributed by atoms with van der Waals surface area (Å²) < 4.78 is 10.6. The average Bonchev–Trinajstić information content (AvgIpc) is 3.19. The van der Waals surface area contributed by atoms with Gasteiger partial charge in [-0.05, 0) is 36.6 Å². The molecule has 0 unspecified atom stereocenters. The number of nitrogens with one attached hydrogen (secondary N) is 1. The molecule has 1 aliphatic rings. The topological polar surface area (TPSA) is 97.8 Å². The summed E-state index contributed by atoms with van der Waals surface area (Å²) in [6.07, 6.45) is 3.09. The Labute approximate surface area is 173 Å². The van der Waals surface area contributed by atoms with Crippen molar-refractivity contribution in [3.63, 3.8) is 0 Å². The molecular weight excluding hydrogens is 386 g/mol. The van der Waals surface area contributed by atoms with E-state index < -0.39 is 4.92 Å². The second-order valence-corrected chi connectivity index (χ2v) is 7.47. The van der Waals surface area contributed by atoms with Crippen LogP contribution in [-0.4, -0.2) is 42.0 Å². The van der Waals surface area contributed by atoms with Crippen LogP contribution in [0, 0.1) is 10.1 Å². The monoisotopic (exact) mass is 409 g/mol. The van der Waals surface area contributed by atoms with Crippen molar-refractivity contribution in [3.05, 3.63) is 70.2 Å². The quantitative estimate of drug-likeness (QED) is 0.492. The lowest BCUT2D eigenvalue weighted by atomic mass is 10.0. The van der Waals surface area contributed by atoms with Gasteiger partial charge < -0.3 is 14.5 Å². The Morgan fingerprint density at radius 2 is 1.97 bits per heavy atom. The van der Waals surface area contributed by atoms with Gasteiger partial charge in [0.25, 0.3) is 11.6 Å². The third kappa shape index (κ3) is 4.28. The van der Waals surface area contributed by atoms with Gasteiger partial charge in [-0.1, -0.05) is 12.1 Å². The maximum atomic E-state index is 12.7. The van der Waals surface area contributed by atoms with Crippen LogP contribution in [0.1, 0.15) is 29.0 Å². The Morgan fingerprint density at radius 3 is 2.63 bits per heavy atom. The summed E-state index contributed by atoms with van der Waals surface area (Å²) in [5.41, 5.74) is 1.20. The van der Waals surface area contributed by atoms with Gasteiger partial charge in [-0.3, -0.25) is 19.8 Å². The van der Waals surface area contributed by atoms with Crippen LogP contribution in [0.4, 0.5) is 5.69 Å². The highest BCUT2D eigenvalue weighted by molar-refractivity contribution is 6.05. The van der Waals surface area contributed by atoms with Crippen LogP contribution in [0.15, 0.2) is 53.1 Å². The zero-order valence-electron chi connectivity index (χ0n) is 16.7. The smallest absolute Gasteiger partial charge is 0.287 e. The number of nitrogens with zero attached hydrogens (tertiary/aromatic N) is 2. The Kier molecular flexibility index (Phi) is 5.67. The standard InChI is InChI=1S/C22H23N3O5/c1-29-19-5-2-15(3-6-19)13-24-10-8-17(9-11-24)23-22(26)21-20-7-4-18(25(27)28)12-16(20)14-30-21/h2-7,12,14,17H,8-11,13H2,1H3,(H,23,26). The molecule has 8 nitrogen and oxygen atoms in total. The van der Waals surface area contributed by atoms with Gasteiger partial charge in [0.2, 0.25) is 0 Å². The van der Waals surface area contributed by atoms with Crippen molar-refractivity contribution in [2.24, 2.45) is 0 Å². The number of likely N-dealkylation sites (tertiary alicyclic amines) is 1. The number of hydrogen-bond acceptors (Lipinski definition) is 6. The fourth-order valence-corrected chi connectivity index (χ4v) is 3.81. The van der Waals surface area contributed by atoms with Crippen molar-refractivity contribution < 1.29 is 18.9 Å². The van der Waals surface area contributed by atoms with Gasteiger partial charge in [0, 0.05) is 48.6 Å². The van der Waals surface area contributed by atoms with E-state index in [1.165, 1.54) is 24.0 Å². The van der Waals surface area contributed by atoms with Crippen molar-refractivity contribution in [1.29, 1.82) is 0 Å². The number of methoxy groups -OCH3 is 1. The van der Waals surface area contributed by atoms with E-state index in [4.69, 9.17) is 9.15 Å². The number of ether oxygens (including phenoxy) is 1. The van der Waals surface area contributed by atoms with E-state index in [0.29, 0.717) is 10.8 Å². The largest absolute Gasteiger partial charge is 0.497 e. The zero-order valence-corrected chi connectivity index (χ0v) is 16.7. The predicted octanol–water partition coefficient (Wildman–Crippen LogP) is 3.74. The van der Waals surface area contributed by atoms with Crippen LogP contribution in [0.2, 0.25) is 0 Å². The SMILES string of the molecule is COc1ccc(CN2CCC(NC(=O)c3occ4cc([N+](=O)[O-])ccc34)CC2)cc1. The number of fused-ring (bicyclic) bond motifs is 1. The van der Waals surface area contributed by atoms with Crippen molar-refractivity contribution in [2.45, 2.75) is 25.4 Å². The number of hydrogen-bond donors (Lipinski definition) is 1. The van der Waals surface area contributed by atoms with Gasteiger partial charge in [-0.15, -0.1) is 0 Å². The van der Waals surface area contributed by atoms with Crippen LogP contribution < -0.4 is 10.1 Å². The number of carbonyl (C=O) groups excluding carboxylic acids is 1. The van der Waals surface area contributed by atoms with Crippen molar-refractivity contribution >= 4 is 22.4 Å². The number of amides is 1. The van der Waals surface area contributed by atoms with E-state index in [9.17, 15) is 14.9 Å². The van der Waals surface area contributed by atoms with E-state index in [2.05, 4.69) is 22.3 Å². The van der Waals surface area contributed by atoms with Crippen LogP contribution in [-0.2, 0) is 6.54 Å². The fraction of sp³-hybridized carbons (Fsp3) is 0.318. The van der Waals surface area contributed by atoms with Crippen molar-refractivity contribution in [1.82, 2.24) is 10.2 Å². The Hall–Kier alpha value is -3.39. The maximum Gasteiger partial charge on any atom is 0.287 e. The molecule has 1 saturated heterocycles. The number of benzene rings is 2. The first kappa shape index (κ1) is 19.9. The summed E-state index contributed by atoms with van der Waals surface area (Å²) >= 11 is 0. The highest BCUT2D eigenvalue weighted by Gasteiger charge is 2.24. The van der Waals surface area contributed by atoms with Gasteiger partial charge in [0.1, 0.15) is 5.75 Å². The predicted molar refractivity (Wildman–Crippen MR) is 112 cm³/mol. The first-order valence-corrected chi connectivity index (χ1v) is 9.85. The van der Waals surface area contributed by atoms with Crippen molar-refractivity contribution in [2.75, 3.05) is 20.2 Å². The van der Waals surface area contributed by atoms with Crippen LogP contribution in [0.25, 0.3) is 10.8 Å². The second kappa shape index (κ2) is 8.54. The highest BCUT2D eigenvalue weighted by atomic mass is 16.6. The summed E-state index contributed by atoms with van der Waals surface area (Å²) in [5.74, 6) is 0.758. The summed E-state index contributed by atoms with van der Waals surface area (Å²) in [4.78, 5) is 25.5. The molecule has 2 aromatic carbocycles. The van der Waals surface area contributed by atoms with Gasteiger partial charge >= 0.3 is 0 Å². The number of furan rings is 1. The first-order valence-electron chi connectivity index (χ1n) is 9.85. The van der Waals surface area contributed by atoms with E-state index in [0.717, 1.165) is 38.2 Å². The van der Waals surface area contributed by atoms with E-state index in [1.54, 1.807) is 13.2 Å². The fourth-order valence-electron chi connectivity index (χ4n) is 3.81. The molecule has 2 heterocycles. The first-order chi connectivity index (χ1) is 14.5. The lowest BCUT2D eigenvalue weighted by Crippen LogP contribution is -2.44. The minimum Gasteiger partial charge on any atom is -0.497 e. The number of non-ortho nitro benzene ring substituents is 1. The van der Waals surface area contributed by atoms with Crippen LogP contribution in [0.3, 0.4) is 0 Å². The molecule has 0 saturated carbocycles. The van der Waals surface area contributed by atoms with Crippen LogP contribution in [0.5, 0.6) is 5.75 Å². The number of nitro benzene ring substituents is 1. The molecule has 30 heavy (non-hydrogen) atoms. The maximum absolute atomic E-state index is 12.7. The molecule has 8 heteroatoms. The highest BCUT2D eigenvalue weighted by Crippen LogP contribution is 2.26. The molecule has 1 aliphatic heterocycles. The van der Waals surface area contributed by atoms with Gasteiger partial charge in [-0.25, -0.2) is 0 Å². The molecule has 0 bridgehead atoms. The molecule has 1 fully saturated rings. The zero-order chi connectivity index (χ0) is 21.1. The lowest BCUT2D eigenvalue weighted by Gasteiger charge is -2.32. The molecule has 0 spiro atoms.